The minimum absolute atomic E-state index is 0.0568. The third-order valence-corrected chi connectivity index (χ3v) is 4.53. The van der Waals surface area contributed by atoms with Crippen LogP contribution in [-0.4, -0.2) is 24.5 Å². The van der Waals surface area contributed by atoms with Gasteiger partial charge < -0.3 is 15.0 Å². The molecule has 1 heterocycles. The molecule has 26 heavy (non-hydrogen) atoms. The third-order valence-electron chi connectivity index (χ3n) is 4.53. The van der Waals surface area contributed by atoms with Crippen molar-refractivity contribution in [2.75, 3.05) is 11.4 Å². The van der Waals surface area contributed by atoms with Gasteiger partial charge >= 0.3 is 0 Å². The lowest BCUT2D eigenvalue weighted by atomic mass is 10.1. The summed E-state index contributed by atoms with van der Waals surface area (Å²) < 4.78 is 5.76. The number of fused-ring (bicyclic) bond motifs is 1. The first-order chi connectivity index (χ1) is 12.5. The lowest BCUT2D eigenvalue weighted by Gasteiger charge is -2.33. The Hall–Kier alpha value is -2.82. The van der Waals surface area contributed by atoms with Crippen LogP contribution in [0.15, 0.2) is 48.5 Å². The number of nitrogens with one attached hydrogen (secondary N) is 1. The van der Waals surface area contributed by atoms with Crippen LogP contribution in [0.5, 0.6) is 5.75 Å². The molecule has 2 amide bonds. The lowest BCUT2D eigenvalue weighted by molar-refractivity contribution is -0.125. The minimum atomic E-state index is -0.115. The van der Waals surface area contributed by atoms with Gasteiger partial charge in [0.05, 0.1) is 12.2 Å². The highest BCUT2D eigenvalue weighted by atomic mass is 16.5. The molecule has 0 spiro atoms. The first-order valence-electron chi connectivity index (χ1n) is 8.92. The molecule has 1 aliphatic rings. The highest BCUT2D eigenvalue weighted by Gasteiger charge is 2.27. The molecular weight excluding hydrogens is 328 g/mol. The van der Waals surface area contributed by atoms with Crippen LogP contribution in [0.2, 0.25) is 0 Å². The number of carbonyl (C=O) groups excluding carboxylic acids is 2. The second-order valence-electron chi connectivity index (χ2n) is 6.60. The second kappa shape index (κ2) is 8.04. The Balaban J connectivity index is 1.54. The van der Waals surface area contributed by atoms with E-state index in [1.807, 2.05) is 62.4 Å². The summed E-state index contributed by atoms with van der Waals surface area (Å²) in [5.74, 6) is 0.540. The largest absolute Gasteiger partial charge is 0.487 e. The summed E-state index contributed by atoms with van der Waals surface area (Å²) in [6, 6.07) is 15.4. The van der Waals surface area contributed by atoms with E-state index < -0.39 is 0 Å². The molecule has 0 aromatic heterocycles. The number of nitrogens with zero attached hydrogens (tertiary/aromatic N) is 1. The van der Waals surface area contributed by atoms with E-state index in [0.717, 1.165) is 16.8 Å². The molecule has 0 aliphatic carbocycles. The van der Waals surface area contributed by atoms with Crippen molar-refractivity contribution in [2.45, 2.75) is 39.3 Å². The Labute approximate surface area is 154 Å². The second-order valence-corrected chi connectivity index (χ2v) is 6.60. The standard InChI is InChI=1S/C21H24N2O3/c1-15-7-3-4-8-17(15)13-22-20(24)11-12-21(25)23-14-16(2)26-19-10-6-5-9-18(19)23/h3-10,16H,11-14H2,1-2H3,(H,22,24). The van der Waals surface area contributed by atoms with Crippen molar-refractivity contribution in [2.24, 2.45) is 0 Å². The van der Waals surface area contributed by atoms with Crippen molar-refractivity contribution < 1.29 is 14.3 Å². The number of hydrogen-bond donors (Lipinski definition) is 1. The zero-order valence-corrected chi connectivity index (χ0v) is 15.2. The van der Waals surface area contributed by atoms with Crippen molar-refractivity contribution in [3.05, 3.63) is 59.7 Å². The molecule has 1 aliphatic heterocycles. The van der Waals surface area contributed by atoms with Crippen LogP contribution in [0, 0.1) is 6.92 Å². The van der Waals surface area contributed by atoms with Crippen molar-refractivity contribution >= 4 is 17.5 Å². The van der Waals surface area contributed by atoms with Crippen LogP contribution >= 0.6 is 0 Å². The Morgan fingerprint density at radius 2 is 1.85 bits per heavy atom. The number of rotatable bonds is 5. The summed E-state index contributed by atoms with van der Waals surface area (Å²) in [7, 11) is 0. The number of ether oxygens (including phenoxy) is 1. The van der Waals surface area contributed by atoms with Crippen LogP contribution < -0.4 is 15.0 Å². The van der Waals surface area contributed by atoms with Gasteiger partial charge in [-0.3, -0.25) is 9.59 Å². The van der Waals surface area contributed by atoms with E-state index in [1.165, 1.54) is 0 Å². The van der Waals surface area contributed by atoms with Crippen molar-refractivity contribution in [3.8, 4) is 5.75 Å². The van der Waals surface area contributed by atoms with Gasteiger partial charge in [0.25, 0.3) is 0 Å². The number of anilines is 1. The van der Waals surface area contributed by atoms with Crippen molar-refractivity contribution in [1.29, 1.82) is 0 Å². The lowest BCUT2D eigenvalue weighted by Crippen LogP contribution is -2.42. The van der Waals surface area contributed by atoms with E-state index in [1.54, 1.807) is 4.90 Å². The summed E-state index contributed by atoms with van der Waals surface area (Å²) in [6.45, 7) is 4.94. The first kappa shape index (κ1) is 18.0. The Bertz CT molecular complexity index is 803. The highest BCUT2D eigenvalue weighted by molar-refractivity contribution is 5.97. The van der Waals surface area contributed by atoms with Gasteiger partial charge in [0, 0.05) is 19.4 Å². The fourth-order valence-electron chi connectivity index (χ4n) is 3.07. The zero-order chi connectivity index (χ0) is 18.5. The molecule has 136 valence electrons. The Kier molecular flexibility index (Phi) is 5.56. The van der Waals surface area contributed by atoms with Gasteiger partial charge in [-0.1, -0.05) is 36.4 Å². The predicted molar refractivity (Wildman–Crippen MR) is 101 cm³/mol. The Morgan fingerprint density at radius 1 is 1.12 bits per heavy atom. The van der Waals surface area contributed by atoms with Gasteiger partial charge in [-0.2, -0.15) is 0 Å². The summed E-state index contributed by atoms with van der Waals surface area (Å²) >= 11 is 0. The quantitative estimate of drug-likeness (QED) is 0.899. The van der Waals surface area contributed by atoms with Gasteiger partial charge in [-0.15, -0.1) is 0 Å². The highest BCUT2D eigenvalue weighted by Crippen LogP contribution is 2.33. The van der Waals surface area contributed by atoms with Crippen LogP contribution in [0.25, 0.3) is 0 Å². The monoisotopic (exact) mass is 352 g/mol. The molecule has 0 bridgehead atoms. The van der Waals surface area contributed by atoms with E-state index in [0.29, 0.717) is 18.8 Å². The van der Waals surface area contributed by atoms with Crippen molar-refractivity contribution in [3.63, 3.8) is 0 Å². The molecule has 3 rings (SSSR count). The maximum atomic E-state index is 12.6. The molecular formula is C21H24N2O3. The van der Waals surface area contributed by atoms with E-state index in [4.69, 9.17) is 4.74 Å². The van der Waals surface area contributed by atoms with E-state index in [9.17, 15) is 9.59 Å². The predicted octanol–water partition coefficient (Wildman–Crippen LogP) is 3.21. The maximum absolute atomic E-state index is 12.6. The van der Waals surface area contributed by atoms with Gasteiger partial charge in [-0.05, 0) is 37.1 Å². The number of hydrogen-bond acceptors (Lipinski definition) is 3. The van der Waals surface area contributed by atoms with Gasteiger partial charge in [0.1, 0.15) is 11.9 Å². The van der Waals surface area contributed by atoms with Crippen LogP contribution in [0.1, 0.15) is 30.9 Å². The average Bonchev–Trinajstić information content (AvgIpc) is 2.64. The summed E-state index contributed by atoms with van der Waals surface area (Å²) in [4.78, 5) is 26.5. The number of amides is 2. The number of carbonyl (C=O) groups is 2. The summed E-state index contributed by atoms with van der Waals surface area (Å²) in [5, 5.41) is 2.89. The van der Waals surface area contributed by atoms with E-state index in [2.05, 4.69) is 5.32 Å². The zero-order valence-electron chi connectivity index (χ0n) is 15.2. The molecule has 0 saturated heterocycles. The van der Waals surface area contributed by atoms with Gasteiger partial charge in [0.2, 0.25) is 11.8 Å². The molecule has 2 aromatic carbocycles. The Morgan fingerprint density at radius 3 is 2.65 bits per heavy atom. The van der Waals surface area contributed by atoms with Crippen LogP contribution in [0.4, 0.5) is 5.69 Å². The summed E-state index contributed by atoms with van der Waals surface area (Å²) in [6.07, 6.45) is 0.294. The van der Waals surface area contributed by atoms with E-state index in [-0.39, 0.29) is 30.8 Å². The van der Waals surface area contributed by atoms with Crippen molar-refractivity contribution in [1.82, 2.24) is 5.32 Å². The first-order valence-corrected chi connectivity index (χ1v) is 8.92. The normalized spacial score (nSPS) is 15.8. The molecule has 1 unspecified atom stereocenters. The van der Waals surface area contributed by atoms with Gasteiger partial charge in [-0.25, -0.2) is 0 Å². The molecule has 0 radical (unpaired) electrons. The molecule has 5 heteroatoms. The van der Waals surface area contributed by atoms with Crippen LogP contribution in [0.3, 0.4) is 0 Å². The minimum Gasteiger partial charge on any atom is -0.487 e. The van der Waals surface area contributed by atoms with Gasteiger partial charge in [0.15, 0.2) is 0 Å². The molecule has 0 saturated carbocycles. The molecule has 0 fully saturated rings. The topological polar surface area (TPSA) is 58.6 Å². The maximum Gasteiger partial charge on any atom is 0.227 e. The van der Waals surface area contributed by atoms with E-state index >= 15 is 0 Å². The molecule has 1 atom stereocenters. The number of aryl methyl sites for hydroxylation is 1. The SMILES string of the molecule is Cc1ccccc1CNC(=O)CCC(=O)N1CC(C)Oc2ccccc21. The smallest absolute Gasteiger partial charge is 0.227 e. The molecule has 1 N–H and O–H groups in total. The van der Waals surface area contributed by atoms with Crippen LogP contribution in [-0.2, 0) is 16.1 Å². The summed E-state index contributed by atoms with van der Waals surface area (Å²) in [5.41, 5.74) is 3.00. The number of benzene rings is 2. The fraction of sp³-hybridized carbons (Fsp3) is 0.333. The third kappa shape index (κ3) is 4.23. The fourth-order valence-corrected chi connectivity index (χ4v) is 3.07. The average molecular weight is 352 g/mol. The molecule has 5 nitrogen and oxygen atoms in total. The molecule has 2 aromatic rings. The number of para-hydroxylation sites is 2.